The molecule has 2 amide bonds. The first-order valence-electron chi connectivity index (χ1n) is 9.03. The number of carbonyl (C=O) groups excluding carboxylic acids is 2. The molecule has 3 rings (SSSR count). The molecule has 8 heteroatoms. The van der Waals surface area contributed by atoms with E-state index in [4.69, 9.17) is 0 Å². The van der Waals surface area contributed by atoms with Crippen LogP contribution in [0.1, 0.15) is 18.2 Å². The minimum atomic E-state index is -0.352. The Morgan fingerprint density at radius 3 is 2.28 bits per heavy atom. The number of amides is 2. The molecule has 0 atom stereocenters. The van der Waals surface area contributed by atoms with Crippen LogP contribution in [-0.4, -0.2) is 22.6 Å². The SMILES string of the molecule is CCc1ccc(NC(=O)Cc2csc(SCC(=O)Nc3ccc(F)cc3)n2)cc1. The van der Waals surface area contributed by atoms with E-state index in [0.29, 0.717) is 15.7 Å². The number of nitrogens with zero attached hydrogens (tertiary/aromatic N) is 1. The molecule has 3 aromatic rings. The minimum absolute atomic E-state index is 0.134. The van der Waals surface area contributed by atoms with E-state index in [1.807, 2.05) is 29.6 Å². The molecule has 0 saturated heterocycles. The van der Waals surface area contributed by atoms with Crippen molar-refractivity contribution < 1.29 is 14.0 Å². The Labute approximate surface area is 176 Å². The molecule has 0 bridgehead atoms. The van der Waals surface area contributed by atoms with Gasteiger partial charge in [0.2, 0.25) is 11.8 Å². The van der Waals surface area contributed by atoms with E-state index in [-0.39, 0.29) is 29.8 Å². The zero-order valence-electron chi connectivity index (χ0n) is 15.8. The van der Waals surface area contributed by atoms with Gasteiger partial charge in [0.25, 0.3) is 0 Å². The fourth-order valence-corrected chi connectivity index (χ4v) is 4.13. The Morgan fingerprint density at radius 1 is 1.00 bits per heavy atom. The van der Waals surface area contributed by atoms with Crippen molar-refractivity contribution in [2.45, 2.75) is 24.1 Å². The van der Waals surface area contributed by atoms with Crippen molar-refractivity contribution in [1.29, 1.82) is 0 Å². The van der Waals surface area contributed by atoms with Gasteiger partial charge in [-0.1, -0.05) is 30.8 Å². The maximum Gasteiger partial charge on any atom is 0.234 e. The molecular formula is C21H20FN3O2S2. The third kappa shape index (κ3) is 6.69. The summed E-state index contributed by atoms with van der Waals surface area (Å²) in [6.45, 7) is 2.08. The number of anilines is 2. The molecule has 5 nitrogen and oxygen atoms in total. The van der Waals surface area contributed by atoms with Crippen molar-refractivity contribution in [2.24, 2.45) is 0 Å². The summed E-state index contributed by atoms with van der Waals surface area (Å²) in [4.78, 5) is 28.6. The smallest absolute Gasteiger partial charge is 0.234 e. The highest BCUT2D eigenvalue weighted by molar-refractivity contribution is 8.01. The van der Waals surface area contributed by atoms with Crippen LogP contribution in [0.5, 0.6) is 0 Å². The summed E-state index contributed by atoms with van der Waals surface area (Å²) in [5.74, 6) is -0.508. The predicted molar refractivity (Wildman–Crippen MR) is 116 cm³/mol. The molecule has 0 aliphatic heterocycles. The van der Waals surface area contributed by atoms with Crippen molar-refractivity contribution in [2.75, 3.05) is 16.4 Å². The van der Waals surface area contributed by atoms with E-state index in [0.717, 1.165) is 12.1 Å². The highest BCUT2D eigenvalue weighted by Crippen LogP contribution is 2.23. The summed E-state index contributed by atoms with van der Waals surface area (Å²) in [5, 5.41) is 7.38. The van der Waals surface area contributed by atoms with E-state index in [1.165, 1.54) is 52.9 Å². The number of aromatic nitrogens is 1. The number of halogens is 1. The molecular weight excluding hydrogens is 409 g/mol. The normalized spacial score (nSPS) is 10.6. The van der Waals surface area contributed by atoms with E-state index < -0.39 is 0 Å². The first-order chi connectivity index (χ1) is 14.0. The van der Waals surface area contributed by atoms with Crippen LogP contribution in [-0.2, 0) is 22.4 Å². The monoisotopic (exact) mass is 429 g/mol. The summed E-state index contributed by atoms with van der Waals surface area (Å²) >= 11 is 2.69. The van der Waals surface area contributed by atoms with Crippen LogP contribution >= 0.6 is 23.1 Å². The number of thioether (sulfide) groups is 1. The van der Waals surface area contributed by atoms with Gasteiger partial charge in [0.1, 0.15) is 5.82 Å². The standard InChI is InChI=1S/C21H20FN3O2S2/c1-2-14-3-7-16(8-4-14)23-19(26)11-18-12-28-21(25-18)29-13-20(27)24-17-9-5-15(22)6-10-17/h3-10,12H,2,11,13H2,1H3,(H,23,26)(H,24,27). The molecule has 0 unspecified atom stereocenters. The molecule has 0 saturated carbocycles. The molecule has 1 heterocycles. The molecule has 1 aromatic heterocycles. The van der Waals surface area contributed by atoms with Gasteiger partial charge in [0, 0.05) is 16.8 Å². The largest absolute Gasteiger partial charge is 0.326 e. The van der Waals surface area contributed by atoms with Crippen molar-refractivity contribution in [3.63, 3.8) is 0 Å². The number of thiazole rings is 1. The lowest BCUT2D eigenvalue weighted by Crippen LogP contribution is -2.15. The van der Waals surface area contributed by atoms with Gasteiger partial charge in [-0.05, 0) is 48.4 Å². The fraction of sp³-hybridized carbons (Fsp3) is 0.190. The maximum atomic E-state index is 12.9. The molecule has 0 aliphatic rings. The number of rotatable bonds is 8. The van der Waals surface area contributed by atoms with Crippen molar-refractivity contribution >= 4 is 46.3 Å². The van der Waals surface area contributed by atoms with Gasteiger partial charge in [-0.25, -0.2) is 9.37 Å². The summed E-state index contributed by atoms with van der Waals surface area (Å²) in [5.41, 5.74) is 3.18. The van der Waals surface area contributed by atoms with Crippen LogP contribution in [0.25, 0.3) is 0 Å². The molecule has 2 N–H and O–H groups in total. The van der Waals surface area contributed by atoms with Gasteiger partial charge < -0.3 is 10.6 Å². The van der Waals surface area contributed by atoms with Gasteiger partial charge in [-0.15, -0.1) is 11.3 Å². The Kier molecular flexibility index (Phi) is 7.37. The van der Waals surface area contributed by atoms with Crippen LogP contribution < -0.4 is 10.6 Å². The maximum absolute atomic E-state index is 12.9. The van der Waals surface area contributed by atoms with Gasteiger partial charge in [-0.3, -0.25) is 9.59 Å². The highest BCUT2D eigenvalue weighted by Gasteiger charge is 2.10. The van der Waals surface area contributed by atoms with Crippen LogP contribution in [0.15, 0.2) is 58.3 Å². The van der Waals surface area contributed by atoms with E-state index in [2.05, 4.69) is 22.5 Å². The number of carbonyl (C=O) groups is 2. The second kappa shape index (κ2) is 10.2. The molecule has 0 spiro atoms. The third-order valence-electron chi connectivity index (χ3n) is 3.97. The van der Waals surface area contributed by atoms with Gasteiger partial charge >= 0.3 is 0 Å². The van der Waals surface area contributed by atoms with E-state index >= 15 is 0 Å². The third-order valence-corrected chi connectivity index (χ3v) is 6.04. The Balaban J connectivity index is 1.45. The molecule has 150 valence electrons. The number of aryl methyl sites for hydroxylation is 1. The summed E-state index contributed by atoms with van der Waals surface area (Å²) in [6, 6.07) is 13.4. The van der Waals surface area contributed by atoms with Crippen molar-refractivity contribution in [1.82, 2.24) is 4.98 Å². The lowest BCUT2D eigenvalue weighted by atomic mass is 10.1. The number of benzene rings is 2. The fourth-order valence-electron chi connectivity index (χ4n) is 2.49. The second-order valence-corrected chi connectivity index (χ2v) is 8.30. The zero-order chi connectivity index (χ0) is 20.6. The average Bonchev–Trinajstić information content (AvgIpc) is 3.16. The predicted octanol–water partition coefficient (Wildman–Crippen LogP) is 4.76. The quantitative estimate of drug-likeness (QED) is 0.507. The average molecular weight is 430 g/mol. The number of hydrogen-bond acceptors (Lipinski definition) is 5. The first kappa shape index (κ1) is 21.0. The first-order valence-corrected chi connectivity index (χ1v) is 10.9. The van der Waals surface area contributed by atoms with Crippen LogP contribution in [0.4, 0.5) is 15.8 Å². The lowest BCUT2D eigenvalue weighted by molar-refractivity contribution is -0.116. The van der Waals surface area contributed by atoms with Crippen LogP contribution in [0, 0.1) is 5.82 Å². The van der Waals surface area contributed by atoms with E-state index in [1.54, 1.807) is 0 Å². The van der Waals surface area contributed by atoms with Crippen LogP contribution in [0.2, 0.25) is 0 Å². The summed E-state index contributed by atoms with van der Waals surface area (Å²) in [6.07, 6.45) is 1.13. The number of hydrogen-bond donors (Lipinski definition) is 2. The highest BCUT2D eigenvalue weighted by atomic mass is 32.2. The molecule has 29 heavy (non-hydrogen) atoms. The topological polar surface area (TPSA) is 71.1 Å². The molecule has 0 radical (unpaired) electrons. The van der Waals surface area contributed by atoms with Crippen LogP contribution in [0.3, 0.4) is 0 Å². The van der Waals surface area contributed by atoms with Gasteiger partial charge in [0.05, 0.1) is 17.9 Å². The molecule has 0 aliphatic carbocycles. The van der Waals surface area contributed by atoms with E-state index in [9.17, 15) is 14.0 Å². The van der Waals surface area contributed by atoms with Gasteiger partial charge in [0.15, 0.2) is 4.34 Å². The van der Waals surface area contributed by atoms with Crippen molar-refractivity contribution in [3.05, 3.63) is 71.0 Å². The Hall–Kier alpha value is -2.71. The molecule has 2 aromatic carbocycles. The summed E-state index contributed by atoms with van der Waals surface area (Å²) in [7, 11) is 0. The van der Waals surface area contributed by atoms with Crippen molar-refractivity contribution in [3.8, 4) is 0 Å². The Morgan fingerprint density at radius 2 is 1.62 bits per heavy atom. The van der Waals surface area contributed by atoms with Gasteiger partial charge in [-0.2, -0.15) is 0 Å². The second-order valence-electron chi connectivity index (χ2n) is 6.22. The lowest BCUT2D eigenvalue weighted by Gasteiger charge is -2.05. The minimum Gasteiger partial charge on any atom is -0.326 e. The zero-order valence-corrected chi connectivity index (χ0v) is 17.4. The number of nitrogens with one attached hydrogen (secondary N) is 2. The summed E-state index contributed by atoms with van der Waals surface area (Å²) < 4.78 is 13.6. The Bertz CT molecular complexity index is 972. The molecule has 0 fully saturated rings.